The number of carboxylic acid groups (broad SMARTS) is 1. The summed E-state index contributed by atoms with van der Waals surface area (Å²) in [6.45, 7) is 1.49. The van der Waals surface area contributed by atoms with Gasteiger partial charge in [-0.05, 0) is 31.2 Å². The first-order valence-electron chi connectivity index (χ1n) is 5.72. The predicted octanol–water partition coefficient (Wildman–Crippen LogP) is 1.11. The third kappa shape index (κ3) is 2.65. The Balaban J connectivity index is 2.70. The Bertz CT molecular complexity index is 774. The Hall–Kier alpha value is -2.34. The van der Waals surface area contributed by atoms with E-state index in [-0.39, 0.29) is 11.3 Å². The van der Waals surface area contributed by atoms with Crippen molar-refractivity contribution in [3.05, 3.63) is 61.4 Å². The molecule has 7 heteroatoms. The van der Waals surface area contributed by atoms with Crippen molar-refractivity contribution in [3.8, 4) is 5.69 Å². The molecule has 0 radical (unpaired) electrons. The molecule has 20 heavy (non-hydrogen) atoms. The zero-order valence-corrected chi connectivity index (χ0v) is 11.3. The highest BCUT2D eigenvalue weighted by atomic mass is 35.5. The fourth-order valence-electron chi connectivity index (χ4n) is 1.86. The molecule has 0 aliphatic rings. The lowest BCUT2D eigenvalue weighted by atomic mass is 10.1. The van der Waals surface area contributed by atoms with Crippen LogP contribution in [0.15, 0.2) is 33.9 Å². The minimum absolute atomic E-state index is 0.0482. The average molecular weight is 295 g/mol. The fourth-order valence-corrected chi connectivity index (χ4v) is 1.99. The van der Waals surface area contributed by atoms with Crippen LogP contribution in [-0.4, -0.2) is 20.6 Å². The van der Waals surface area contributed by atoms with Gasteiger partial charge in [0, 0.05) is 16.3 Å². The number of nitrogens with one attached hydrogen (secondary N) is 1. The van der Waals surface area contributed by atoms with Crippen LogP contribution in [0.5, 0.6) is 0 Å². The number of hydrogen-bond acceptors (Lipinski definition) is 3. The van der Waals surface area contributed by atoms with E-state index in [1.54, 1.807) is 12.1 Å². The highest BCUT2D eigenvalue weighted by molar-refractivity contribution is 6.30. The van der Waals surface area contributed by atoms with Crippen LogP contribution in [0.3, 0.4) is 0 Å². The maximum absolute atomic E-state index is 12.3. The molecule has 0 saturated carbocycles. The number of aromatic amines is 1. The van der Waals surface area contributed by atoms with Crippen LogP contribution in [-0.2, 0) is 11.2 Å². The number of hydrogen-bond donors (Lipinski definition) is 2. The largest absolute Gasteiger partial charge is 0.481 e. The SMILES string of the molecule is Cc1[nH]c(=O)n(-c2ccc(Cl)cc2)c(=O)c1CC(=O)O. The zero-order chi connectivity index (χ0) is 14.9. The summed E-state index contributed by atoms with van der Waals surface area (Å²) in [5, 5.41) is 9.29. The van der Waals surface area contributed by atoms with Gasteiger partial charge in [0.2, 0.25) is 0 Å². The quantitative estimate of drug-likeness (QED) is 0.887. The number of carboxylic acids is 1. The van der Waals surface area contributed by atoms with Crippen molar-refractivity contribution in [2.75, 3.05) is 0 Å². The number of carbonyl (C=O) groups is 1. The normalized spacial score (nSPS) is 10.5. The Morgan fingerprint density at radius 3 is 2.45 bits per heavy atom. The summed E-state index contributed by atoms with van der Waals surface area (Å²) in [5.41, 5.74) is -0.633. The number of aliphatic carboxylic acids is 1. The molecule has 6 nitrogen and oxygen atoms in total. The number of halogens is 1. The van der Waals surface area contributed by atoms with Gasteiger partial charge in [-0.25, -0.2) is 9.36 Å². The Morgan fingerprint density at radius 2 is 1.90 bits per heavy atom. The highest BCUT2D eigenvalue weighted by Crippen LogP contribution is 2.11. The predicted molar refractivity (Wildman–Crippen MR) is 73.7 cm³/mol. The lowest BCUT2D eigenvalue weighted by Gasteiger charge is -2.08. The van der Waals surface area contributed by atoms with Gasteiger partial charge in [-0.3, -0.25) is 9.59 Å². The molecule has 1 aromatic carbocycles. The molecule has 0 bridgehead atoms. The molecule has 2 aromatic rings. The molecule has 0 amide bonds. The molecule has 0 fully saturated rings. The van der Waals surface area contributed by atoms with Crippen LogP contribution < -0.4 is 11.2 Å². The molecule has 1 aromatic heterocycles. The average Bonchev–Trinajstić information content (AvgIpc) is 2.36. The summed E-state index contributed by atoms with van der Waals surface area (Å²) in [4.78, 5) is 37.5. The van der Waals surface area contributed by atoms with Gasteiger partial charge in [-0.2, -0.15) is 0 Å². The van der Waals surface area contributed by atoms with Gasteiger partial charge in [0.05, 0.1) is 12.1 Å². The van der Waals surface area contributed by atoms with E-state index < -0.39 is 23.6 Å². The first-order chi connectivity index (χ1) is 9.40. The van der Waals surface area contributed by atoms with Gasteiger partial charge in [-0.1, -0.05) is 11.6 Å². The van der Waals surface area contributed by atoms with E-state index in [2.05, 4.69) is 4.98 Å². The van der Waals surface area contributed by atoms with Crippen molar-refractivity contribution in [2.45, 2.75) is 13.3 Å². The molecular weight excluding hydrogens is 284 g/mol. The number of rotatable bonds is 3. The lowest BCUT2D eigenvalue weighted by Crippen LogP contribution is -2.37. The number of aryl methyl sites for hydroxylation is 1. The summed E-state index contributed by atoms with van der Waals surface area (Å²) in [6, 6.07) is 6.11. The van der Waals surface area contributed by atoms with Gasteiger partial charge >= 0.3 is 11.7 Å². The second-order valence-electron chi connectivity index (χ2n) is 4.22. The van der Waals surface area contributed by atoms with Crippen molar-refractivity contribution >= 4 is 17.6 Å². The molecule has 2 rings (SSSR count). The maximum Gasteiger partial charge on any atom is 0.333 e. The first kappa shape index (κ1) is 14.1. The molecule has 0 saturated heterocycles. The van der Waals surface area contributed by atoms with Crippen molar-refractivity contribution < 1.29 is 9.90 Å². The minimum atomic E-state index is -1.14. The van der Waals surface area contributed by atoms with Gasteiger partial charge in [0.1, 0.15) is 0 Å². The van der Waals surface area contributed by atoms with Gasteiger partial charge in [0.25, 0.3) is 5.56 Å². The smallest absolute Gasteiger partial charge is 0.333 e. The molecule has 0 aliphatic heterocycles. The van der Waals surface area contributed by atoms with E-state index in [1.165, 1.54) is 19.1 Å². The van der Waals surface area contributed by atoms with E-state index in [4.69, 9.17) is 16.7 Å². The van der Waals surface area contributed by atoms with Crippen molar-refractivity contribution in [3.63, 3.8) is 0 Å². The van der Waals surface area contributed by atoms with Gasteiger partial charge in [-0.15, -0.1) is 0 Å². The molecule has 1 heterocycles. The van der Waals surface area contributed by atoms with E-state index in [0.29, 0.717) is 10.7 Å². The number of nitrogens with zero attached hydrogens (tertiary/aromatic N) is 1. The van der Waals surface area contributed by atoms with E-state index >= 15 is 0 Å². The van der Waals surface area contributed by atoms with Crippen LogP contribution in [0.25, 0.3) is 5.69 Å². The molecule has 0 unspecified atom stereocenters. The summed E-state index contributed by atoms with van der Waals surface area (Å²) in [6.07, 6.45) is -0.449. The van der Waals surface area contributed by atoms with Crippen molar-refractivity contribution in [2.24, 2.45) is 0 Å². The summed E-state index contributed by atoms with van der Waals surface area (Å²) >= 11 is 5.75. The minimum Gasteiger partial charge on any atom is -0.481 e. The topological polar surface area (TPSA) is 92.2 Å². The number of H-pyrrole nitrogens is 1. The van der Waals surface area contributed by atoms with E-state index in [9.17, 15) is 14.4 Å². The van der Waals surface area contributed by atoms with Crippen LogP contribution in [0.1, 0.15) is 11.3 Å². The zero-order valence-electron chi connectivity index (χ0n) is 10.5. The molecular formula is C13H11ClN2O4. The fraction of sp³-hybridized carbons (Fsp3) is 0.154. The number of benzene rings is 1. The molecule has 104 valence electrons. The summed E-state index contributed by atoms with van der Waals surface area (Å²) < 4.78 is 0.890. The second-order valence-corrected chi connectivity index (χ2v) is 4.66. The molecule has 0 atom stereocenters. The summed E-state index contributed by atoms with van der Waals surface area (Å²) in [7, 11) is 0. The van der Waals surface area contributed by atoms with E-state index in [0.717, 1.165) is 4.57 Å². The molecule has 0 aliphatic carbocycles. The molecule has 0 spiro atoms. The standard InChI is InChI=1S/C13H11ClN2O4/c1-7-10(6-11(17)18)12(19)16(13(20)15-7)9-4-2-8(14)3-5-9/h2-5H,6H2,1H3,(H,15,20)(H,17,18). The first-order valence-corrected chi connectivity index (χ1v) is 6.10. The van der Waals surface area contributed by atoms with Crippen LogP contribution in [0.2, 0.25) is 5.02 Å². The van der Waals surface area contributed by atoms with Crippen molar-refractivity contribution in [1.29, 1.82) is 0 Å². The lowest BCUT2D eigenvalue weighted by molar-refractivity contribution is -0.136. The maximum atomic E-state index is 12.3. The van der Waals surface area contributed by atoms with E-state index in [1.807, 2.05) is 0 Å². The number of aromatic nitrogens is 2. The monoisotopic (exact) mass is 294 g/mol. The summed E-state index contributed by atoms with van der Waals surface area (Å²) in [5.74, 6) is -1.14. The highest BCUT2D eigenvalue weighted by Gasteiger charge is 2.15. The second kappa shape index (κ2) is 5.34. The van der Waals surface area contributed by atoms with Gasteiger partial charge in [0.15, 0.2) is 0 Å². The van der Waals surface area contributed by atoms with Gasteiger partial charge < -0.3 is 10.1 Å². The van der Waals surface area contributed by atoms with Crippen LogP contribution >= 0.6 is 11.6 Å². The Kier molecular flexibility index (Phi) is 3.76. The third-order valence-corrected chi connectivity index (χ3v) is 3.08. The van der Waals surface area contributed by atoms with Crippen molar-refractivity contribution in [1.82, 2.24) is 9.55 Å². The van der Waals surface area contributed by atoms with Crippen LogP contribution in [0.4, 0.5) is 0 Å². The molecule has 2 N–H and O–H groups in total. The Morgan fingerprint density at radius 1 is 1.30 bits per heavy atom. The Labute approximate surface area is 118 Å². The third-order valence-electron chi connectivity index (χ3n) is 2.82. The van der Waals surface area contributed by atoms with Crippen LogP contribution in [0, 0.1) is 6.92 Å².